The third kappa shape index (κ3) is 6.48. The highest BCUT2D eigenvalue weighted by atomic mass is 32.1. The van der Waals surface area contributed by atoms with Crippen LogP contribution in [0.5, 0.6) is 0 Å². The quantitative estimate of drug-likeness (QED) is 0.245. The van der Waals surface area contributed by atoms with E-state index in [-0.39, 0.29) is 28.3 Å². The minimum absolute atomic E-state index is 0.0515. The molecular formula is C23H27N3O6S. The Morgan fingerprint density at radius 1 is 1.18 bits per heavy atom. The number of hydrogen-bond acceptors (Lipinski definition) is 7. The number of nitro benzene ring substituents is 1. The number of rotatable bonds is 9. The molecule has 0 aliphatic carbocycles. The summed E-state index contributed by atoms with van der Waals surface area (Å²) < 4.78 is 5.32. The molecule has 1 heterocycles. The molecule has 1 aromatic heterocycles. The zero-order valence-electron chi connectivity index (χ0n) is 19.2. The van der Waals surface area contributed by atoms with Crippen molar-refractivity contribution in [3.8, 4) is 0 Å². The van der Waals surface area contributed by atoms with E-state index < -0.39 is 16.8 Å². The van der Waals surface area contributed by atoms with Gasteiger partial charge in [-0.15, -0.1) is 11.3 Å². The lowest BCUT2D eigenvalue weighted by Gasteiger charge is -2.18. The standard InChI is InChI=1S/C23H27N3O6S/c1-6-25(7-2)22(28)20-15(5)19(23(29)32-14(3)4)21(33-20)24-18(27)13-10-16-8-11-17(12-9-16)26(30)31/h8-14H,6-7H2,1-5H3,(H,24,27). The second kappa shape index (κ2) is 11.4. The van der Waals surface area contributed by atoms with Gasteiger partial charge in [0.15, 0.2) is 0 Å². The van der Waals surface area contributed by atoms with Crippen LogP contribution < -0.4 is 5.32 Å². The van der Waals surface area contributed by atoms with Crippen LogP contribution in [0.25, 0.3) is 6.08 Å². The molecule has 0 bridgehead atoms. The molecule has 176 valence electrons. The first-order valence-corrected chi connectivity index (χ1v) is 11.3. The molecule has 0 fully saturated rings. The number of non-ortho nitro benzene ring substituents is 1. The monoisotopic (exact) mass is 473 g/mol. The number of carbonyl (C=O) groups is 3. The maximum absolute atomic E-state index is 12.9. The summed E-state index contributed by atoms with van der Waals surface area (Å²) in [4.78, 5) is 50.4. The highest BCUT2D eigenvalue weighted by Crippen LogP contribution is 2.35. The fourth-order valence-corrected chi connectivity index (χ4v) is 4.18. The predicted octanol–water partition coefficient (Wildman–Crippen LogP) is 4.66. The molecule has 2 amide bonds. The number of nitrogens with zero attached hydrogens (tertiary/aromatic N) is 2. The van der Waals surface area contributed by atoms with E-state index >= 15 is 0 Å². The number of amides is 2. The van der Waals surface area contributed by atoms with Gasteiger partial charge in [-0.25, -0.2) is 4.79 Å². The maximum atomic E-state index is 12.9. The summed E-state index contributed by atoms with van der Waals surface area (Å²) in [5.74, 6) is -1.36. The van der Waals surface area contributed by atoms with E-state index in [9.17, 15) is 24.5 Å². The molecule has 0 unspecified atom stereocenters. The van der Waals surface area contributed by atoms with Gasteiger partial charge in [0, 0.05) is 31.3 Å². The Bertz CT molecular complexity index is 1070. The Kier molecular flexibility index (Phi) is 8.86. The van der Waals surface area contributed by atoms with Crippen molar-refractivity contribution in [1.29, 1.82) is 0 Å². The van der Waals surface area contributed by atoms with E-state index in [1.807, 2.05) is 13.8 Å². The average Bonchev–Trinajstić information content (AvgIpc) is 3.08. The van der Waals surface area contributed by atoms with Gasteiger partial charge < -0.3 is 15.0 Å². The summed E-state index contributed by atoms with van der Waals surface area (Å²) in [6, 6.07) is 5.71. The van der Waals surface area contributed by atoms with Crippen LogP contribution in [-0.2, 0) is 9.53 Å². The molecule has 0 spiro atoms. The van der Waals surface area contributed by atoms with Crippen molar-refractivity contribution in [3.05, 3.63) is 62.0 Å². The van der Waals surface area contributed by atoms with Crippen LogP contribution in [0.1, 0.15) is 58.9 Å². The number of nitro groups is 1. The van der Waals surface area contributed by atoms with Crippen LogP contribution in [-0.4, -0.2) is 46.8 Å². The van der Waals surface area contributed by atoms with Gasteiger partial charge in [0.25, 0.3) is 11.6 Å². The van der Waals surface area contributed by atoms with Gasteiger partial charge in [0.2, 0.25) is 5.91 Å². The van der Waals surface area contributed by atoms with Crippen molar-refractivity contribution in [2.75, 3.05) is 18.4 Å². The molecule has 33 heavy (non-hydrogen) atoms. The van der Waals surface area contributed by atoms with Crippen molar-refractivity contribution in [2.45, 2.75) is 40.7 Å². The lowest BCUT2D eigenvalue weighted by molar-refractivity contribution is -0.384. The maximum Gasteiger partial charge on any atom is 0.341 e. The summed E-state index contributed by atoms with van der Waals surface area (Å²) in [5.41, 5.74) is 1.15. The van der Waals surface area contributed by atoms with Gasteiger partial charge in [-0.1, -0.05) is 0 Å². The summed E-state index contributed by atoms with van der Waals surface area (Å²) >= 11 is 1.03. The summed E-state index contributed by atoms with van der Waals surface area (Å²) in [7, 11) is 0. The van der Waals surface area contributed by atoms with Gasteiger partial charge in [-0.3, -0.25) is 19.7 Å². The molecule has 0 atom stereocenters. The number of esters is 1. The van der Waals surface area contributed by atoms with E-state index in [1.165, 1.54) is 36.4 Å². The van der Waals surface area contributed by atoms with Crippen molar-refractivity contribution >= 4 is 45.9 Å². The molecule has 0 saturated carbocycles. The van der Waals surface area contributed by atoms with E-state index in [4.69, 9.17) is 4.74 Å². The lowest BCUT2D eigenvalue weighted by Crippen LogP contribution is -2.30. The molecule has 9 nitrogen and oxygen atoms in total. The molecule has 2 aromatic rings. The Morgan fingerprint density at radius 3 is 2.30 bits per heavy atom. The zero-order chi connectivity index (χ0) is 24.7. The first kappa shape index (κ1) is 25.7. The average molecular weight is 474 g/mol. The molecule has 0 aliphatic heterocycles. The van der Waals surface area contributed by atoms with E-state index in [0.29, 0.717) is 29.1 Å². The molecule has 1 N–H and O–H groups in total. The largest absolute Gasteiger partial charge is 0.459 e. The second-order valence-electron chi connectivity index (χ2n) is 7.36. The molecule has 1 aromatic carbocycles. The van der Waals surface area contributed by atoms with Crippen molar-refractivity contribution in [3.63, 3.8) is 0 Å². The number of ether oxygens (including phenoxy) is 1. The van der Waals surface area contributed by atoms with Crippen LogP contribution >= 0.6 is 11.3 Å². The predicted molar refractivity (Wildman–Crippen MR) is 128 cm³/mol. The van der Waals surface area contributed by atoms with Crippen LogP contribution in [0, 0.1) is 17.0 Å². The van der Waals surface area contributed by atoms with E-state index in [1.54, 1.807) is 25.7 Å². The normalized spacial score (nSPS) is 11.0. The van der Waals surface area contributed by atoms with Crippen LogP contribution in [0.4, 0.5) is 10.7 Å². The topological polar surface area (TPSA) is 119 Å². The summed E-state index contributed by atoms with van der Waals surface area (Å²) in [6.45, 7) is 9.84. The van der Waals surface area contributed by atoms with Gasteiger partial charge >= 0.3 is 5.97 Å². The molecule has 10 heteroatoms. The summed E-state index contributed by atoms with van der Waals surface area (Å²) in [6.07, 6.45) is 2.37. The third-order valence-corrected chi connectivity index (χ3v) is 5.90. The smallest absolute Gasteiger partial charge is 0.341 e. The van der Waals surface area contributed by atoms with Gasteiger partial charge in [-0.2, -0.15) is 0 Å². The summed E-state index contributed by atoms with van der Waals surface area (Å²) in [5, 5.41) is 13.7. The Hall–Kier alpha value is -3.53. The van der Waals surface area contributed by atoms with Crippen LogP contribution in [0.2, 0.25) is 0 Å². The number of hydrogen-bond donors (Lipinski definition) is 1. The van der Waals surface area contributed by atoms with E-state index in [2.05, 4.69) is 5.32 Å². The first-order chi connectivity index (χ1) is 15.6. The van der Waals surface area contributed by atoms with Crippen LogP contribution in [0.3, 0.4) is 0 Å². The fraction of sp³-hybridized carbons (Fsp3) is 0.348. The molecule has 0 radical (unpaired) electrons. The minimum Gasteiger partial charge on any atom is -0.459 e. The molecule has 0 aliphatic rings. The SMILES string of the molecule is CCN(CC)C(=O)c1sc(NC(=O)C=Cc2ccc([N+](=O)[O-])cc2)c(C(=O)OC(C)C)c1C. The van der Waals surface area contributed by atoms with Gasteiger partial charge in [-0.05, 0) is 64.0 Å². The van der Waals surface area contributed by atoms with Crippen LogP contribution in [0.15, 0.2) is 30.3 Å². The highest BCUT2D eigenvalue weighted by molar-refractivity contribution is 7.18. The number of thiophene rings is 1. The lowest BCUT2D eigenvalue weighted by atomic mass is 10.1. The number of benzene rings is 1. The molecular weight excluding hydrogens is 446 g/mol. The van der Waals surface area contributed by atoms with Gasteiger partial charge in [0.1, 0.15) is 5.00 Å². The minimum atomic E-state index is -0.619. The third-order valence-electron chi connectivity index (χ3n) is 4.71. The molecule has 0 saturated heterocycles. The Morgan fingerprint density at radius 2 is 1.79 bits per heavy atom. The number of anilines is 1. The van der Waals surface area contributed by atoms with Crippen molar-refractivity contribution in [2.24, 2.45) is 0 Å². The Labute approximate surface area is 196 Å². The second-order valence-corrected chi connectivity index (χ2v) is 8.38. The zero-order valence-corrected chi connectivity index (χ0v) is 20.0. The van der Waals surface area contributed by atoms with Gasteiger partial charge in [0.05, 0.1) is 21.5 Å². The molecule has 2 rings (SSSR count). The Balaban J connectivity index is 2.33. The highest BCUT2D eigenvalue weighted by Gasteiger charge is 2.28. The fourth-order valence-electron chi connectivity index (χ4n) is 3.01. The number of nitrogens with one attached hydrogen (secondary N) is 1. The van der Waals surface area contributed by atoms with Crippen molar-refractivity contribution < 1.29 is 24.0 Å². The first-order valence-electron chi connectivity index (χ1n) is 10.5. The van der Waals surface area contributed by atoms with E-state index in [0.717, 1.165) is 11.3 Å². The van der Waals surface area contributed by atoms with Crippen molar-refractivity contribution in [1.82, 2.24) is 4.90 Å². The number of carbonyl (C=O) groups excluding carboxylic acids is 3.